The van der Waals surface area contributed by atoms with E-state index in [9.17, 15) is 14.4 Å². The minimum atomic E-state index is -0.715. The molecule has 2 heterocycles. The Hall–Kier alpha value is -2.21. The lowest BCUT2D eigenvalue weighted by Crippen LogP contribution is -2.54. The van der Waals surface area contributed by atoms with E-state index in [0.717, 1.165) is 9.78 Å². The quantitative estimate of drug-likeness (QED) is 0.508. The summed E-state index contributed by atoms with van der Waals surface area (Å²) >= 11 is 1.40. The first-order chi connectivity index (χ1) is 8.63. The van der Waals surface area contributed by atoms with E-state index in [4.69, 9.17) is 0 Å². The van der Waals surface area contributed by atoms with E-state index in [2.05, 4.69) is 11.9 Å². The zero-order valence-corrected chi connectivity index (χ0v) is 10.2. The van der Waals surface area contributed by atoms with Crippen molar-refractivity contribution in [1.29, 1.82) is 0 Å². The Bertz CT molecular complexity index is 546. The molecule has 0 aliphatic carbocycles. The van der Waals surface area contributed by atoms with E-state index < -0.39 is 17.8 Å². The van der Waals surface area contributed by atoms with E-state index in [-0.39, 0.29) is 12.1 Å². The van der Waals surface area contributed by atoms with Crippen LogP contribution in [-0.4, -0.2) is 29.3 Å². The maximum Gasteiger partial charge on any atom is 0.331 e. The molecule has 0 unspecified atom stereocenters. The Balaban J connectivity index is 2.35. The second kappa shape index (κ2) is 4.97. The molecular weight excluding hydrogens is 252 g/mol. The molecule has 0 bridgehead atoms. The molecule has 2 rings (SSSR count). The summed E-state index contributed by atoms with van der Waals surface area (Å²) in [7, 11) is 0. The van der Waals surface area contributed by atoms with Crippen LogP contribution in [-0.2, 0) is 9.59 Å². The molecule has 1 fully saturated rings. The maximum absolute atomic E-state index is 12.0. The van der Waals surface area contributed by atoms with Gasteiger partial charge >= 0.3 is 6.03 Å². The van der Waals surface area contributed by atoms with E-state index in [1.54, 1.807) is 6.07 Å². The number of amides is 4. The fourth-order valence-corrected chi connectivity index (χ4v) is 2.16. The zero-order chi connectivity index (χ0) is 13.1. The first-order valence-electron chi connectivity index (χ1n) is 5.16. The summed E-state index contributed by atoms with van der Waals surface area (Å²) in [6, 6.07) is 2.88. The fraction of sp³-hybridized carbons (Fsp3) is 0.0833. The van der Waals surface area contributed by atoms with Gasteiger partial charge in [-0.1, -0.05) is 12.1 Å². The Morgan fingerprint density at radius 2 is 2.17 bits per heavy atom. The first kappa shape index (κ1) is 12.3. The van der Waals surface area contributed by atoms with Gasteiger partial charge in [0.1, 0.15) is 5.57 Å². The lowest BCUT2D eigenvalue weighted by Gasteiger charge is -2.24. The number of hydrogen-bond acceptors (Lipinski definition) is 4. The summed E-state index contributed by atoms with van der Waals surface area (Å²) in [6.45, 7) is 3.54. The molecule has 5 nitrogen and oxygen atoms in total. The predicted octanol–water partition coefficient (Wildman–Crippen LogP) is 1.40. The van der Waals surface area contributed by atoms with Crippen LogP contribution < -0.4 is 5.32 Å². The number of nitrogens with one attached hydrogen (secondary N) is 1. The molecule has 1 aromatic rings. The molecule has 1 aliphatic rings. The van der Waals surface area contributed by atoms with Crippen LogP contribution in [0.1, 0.15) is 4.88 Å². The second-order valence-corrected chi connectivity index (χ2v) is 4.52. The van der Waals surface area contributed by atoms with Gasteiger partial charge in [0.2, 0.25) is 0 Å². The lowest BCUT2D eigenvalue weighted by atomic mass is 10.1. The average Bonchev–Trinajstić information content (AvgIpc) is 2.83. The van der Waals surface area contributed by atoms with Crippen LogP contribution in [0.25, 0.3) is 6.08 Å². The highest BCUT2D eigenvalue weighted by atomic mass is 32.1. The van der Waals surface area contributed by atoms with E-state index in [0.29, 0.717) is 0 Å². The first-order valence-corrected chi connectivity index (χ1v) is 6.04. The van der Waals surface area contributed by atoms with Crippen LogP contribution >= 0.6 is 11.3 Å². The number of carbonyl (C=O) groups excluding carboxylic acids is 3. The molecule has 6 heteroatoms. The topological polar surface area (TPSA) is 66.5 Å². The Morgan fingerprint density at radius 1 is 1.39 bits per heavy atom. The number of imide groups is 2. The van der Waals surface area contributed by atoms with Gasteiger partial charge in [-0.3, -0.25) is 19.8 Å². The van der Waals surface area contributed by atoms with Gasteiger partial charge in [-0.25, -0.2) is 4.79 Å². The second-order valence-electron chi connectivity index (χ2n) is 3.54. The number of barbiturate groups is 1. The van der Waals surface area contributed by atoms with Crippen molar-refractivity contribution in [3.8, 4) is 0 Å². The van der Waals surface area contributed by atoms with Gasteiger partial charge in [0.25, 0.3) is 11.8 Å². The molecule has 1 N–H and O–H groups in total. The summed E-state index contributed by atoms with van der Waals surface area (Å²) < 4.78 is 0. The molecule has 1 aromatic heterocycles. The third-order valence-electron chi connectivity index (χ3n) is 2.33. The smallest absolute Gasteiger partial charge is 0.273 e. The number of thiophene rings is 1. The van der Waals surface area contributed by atoms with Crippen LogP contribution in [0, 0.1) is 0 Å². The Morgan fingerprint density at radius 3 is 2.78 bits per heavy atom. The zero-order valence-electron chi connectivity index (χ0n) is 9.38. The number of nitrogens with zero attached hydrogens (tertiary/aromatic N) is 1. The van der Waals surface area contributed by atoms with Gasteiger partial charge in [0.15, 0.2) is 0 Å². The molecule has 0 atom stereocenters. The van der Waals surface area contributed by atoms with Gasteiger partial charge in [-0.05, 0) is 17.5 Å². The number of urea groups is 1. The number of rotatable bonds is 3. The van der Waals surface area contributed by atoms with Crippen molar-refractivity contribution in [2.45, 2.75) is 0 Å². The molecule has 4 amide bonds. The third kappa shape index (κ3) is 2.23. The van der Waals surface area contributed by atoms with Crippen molar-refractivity contribution >= 4 is 35.3 Å². The maximum atomic E-state index is 12.0. The highest BCUT2D eigenvalue weighted by Crippen LogP contribution is 2.17. The lowest BCUT2D eigenvalue weighted by molar-refractivity contribution is -0.129. The van der Waals surface area contributed by atoms with Crippen LogP contribution in [0.2, 0.25) is 0 Å². The minimum Gasteiger partial charge on any atom is -0.273 e. The minimum absolute atomic E-state index is 0.0427. The molecular formula is C12H10N2O3S. The van der Waals surface area contributed by atoms with E-state index in [1.807, 2.05) is 11.4 Å². The highest BCUT2D eigenvalue weighted by molar-refractivity contribution is 7.10. The summed E-state index contributed by atoms with van der Waals surface area (Å²) in [5, 5.41) is 3.96. The van der Waals surface area contributed by atoms with Crippen molar-refractivity contribution < 1.29 is 14.4 Å². The fourth-order valence-electron chi connectivity index (χ4n) is 1.50. The molecule has 92 valence electrons. The van der Waals surface area contributed by atoms with Crippen LogP contribution in [0.15, 0.2) is 35.7 Å². The summed E-state index contributed by atoms with van der Waals surface area (Å²) in [5.74, 6) is -1.27. The van der Waals surface area contributed by atoms with E-state index >= 15 is 0 Å². The molecule has 1 aliphatic heterocycles. The molecule has 18 heavy (non-hydrogen) atoms. The van der Waals surface area contributed by atoms with Crippen molar-refractivity contribution in [3.05, 3.63) is 40.6 Å². The van der Waals surface area contributed by atoms with Crippen LogP contribution in [0.5, 0.6) is 0 Å². The van der Waals surface area contributed by atoms with Crippen molar-refractivity contribution in [2.24, 2.45) is 0 Å². The van der Waals surface area contributed by atoms with Gasteiger partial charge in [-0.2, -0.15) is 0 Å². The van der Waals surface area contributed by atoms with Gasteiger partial charge < -0.3 is 0 Å². The molecule has 0 saturated carbocycles. The summed E-state index contributed by atoms with van der Waals surface area (Å²) in [5.41, 5.74) is -0.0427. The third-order valence-corrected chi connectivity index (χ3v) is 3.15. The molecule has 1 saturated heterocycles. The normalized spacial score (nSPS) is 18.1. The van der Waals surface area contributed by atoms with Gasteiger partial charge in [-0.15, -0.1) is 17.9 Å². The van der Waals surface area contributed by atoms with Gasteiger partial charge in [0.05, 0.1) is 0 Å². The Kier molecular flexibility index (Phi) is 3.38. The molecule has 0 radical (unpaired) electrons. The van der Waals surface area contributed by atoms with Crippen molar-refractivity contribution in [3.63, 3.8) is 0 Å². The molecule has 0 aromatic carbocycles. The van der Waals surface area contributed by atoms with Crippen LogP contribution in [0.3, 0.4) is 0 Å². The van der Waals surface area contributed by atoms with Crippen molar-refractivity contribution in [1.82, 2.24) is 10.2 Å². The molecule has 0 spiro atoms. The predicted molar refractivity (Wildman–Crippen MR) is 67.7 cm³/mol. The number of hydrogen-bond donors (Lipinski definition) is 1. The summed E-state index contributed by atoms with van der Waals surface area (Å²) in [4.78, 5) is 36.8. The monoisotopic (exact) mass is 262 g/mol. The standard InChI is InChI=1S/C12H10N2O3S/c1-2-5-14-11(16)9(10(15)13-12(14)17)7-8-4-3-6-18-8/h2-4,6-7H,1,5H2,(H,13,15,17). The van der Waals surface area contributed by atoms with E-state index in [1.165, 1.54) is 23.5 Å². The Labute approximate surface area is 107 Å². The number of carbonyl (C=O) groups is 3. The van der Waals surface area contributed by atoms with Crippen LogP contribution in [0.4, 0.5) is 4.79 Å². The SMILES string of the molecule is C=CCN1C(=O)NC(=O)C(=Cc2cccs2)C1=O. The average molecular weight is 262 g/mol. The highest BCUT2D eigenvalue weighted by Gasteiger charge is 2.34. The largest absolute Gasteiger partial charge is 0.331 e. The summed E-state index contributed by atoms with van der Waals surface area (Å²) in [6.07, 6.45) is 2.90. The van der Waals surface area contributed by atoms with Crippen molar-refractivity contribution in [2.75, 3.05) is 6.54 Å². The van der Waals surface area contributed by atoms with Gasteiger partial charge in [0, 0.05) is 11.4 Å².